The summed E-state index contributed by atoms with van der Waals surface area (Å²) < 4.78 is 0. The zero-order valence-corrected chi connectivity index (χ0v) is 8.73. The van der Waals surface area contributed by atoms with Gasteiger partial charge in [0.1, 0.15) is 5.78 Å². The maximum atomic E-state index is 10.7. The monoisotopic (exact) mass is 199 g/mol. The van der Waals surface area contributed by atoms with E-state index in [4.69, 9.17) is 5.26 Å². The van der Waals surface area contributed by atoms with E-state index >= 15 is 0 Å². The summed E-state index contributed by atoms with van der Waals surface area (Å²) in [5.41, 5.74) is 1.72. The van der Waals surface area contributed by atoms with E-state index in [9.17, 15) is 4.79 Å². The summed E-state index contributed by atoms with van der Waals surface area (Å²) in [6, 6.07) is 9.42. The third kappa shape index (κ3) is 4.24. The molecule has 0 N–H and O–H groups in total. The number of benzene rings is 1. The molecule has 0 atom stereocenters. The molecule has 2 heteroatoms. The van der Waals surface area contributed by atoms with Gasteiger partial charge >= 0.3 is 0 Å². The van der Waals surface area contributed by atoms with Crippen LogP contribution in [0.1, 0.15) is 30.9 Å². The van der Waals surface area contributed by atoms with Gasteiger partial charge in [-0.15, -0.1) is 0 Å². The van der Waals surface area contributed by atoms with E-state index in [-0.39, 0.29) is 5.78 Å². The summed E-state index contributed by atoms with van der Waals surface area (Å²) in [7, 11) is 0. The summed E-state index contributed by atoms with van der Waals surface area (Å²) in [6.45, 7) is 1.59. The van der Waals surface area contributed by atoms with E-state index in [1.54, 1.807) is 19.1 Å². The Morgan fingerprint density at radius 1 is 1.40 bits per heavy atom. The highest BCUT2D eigenvalue weighted by atomic mass is 16.1. The molecular weight excluding hydrogens is 186 g/mol. The molecular formula is C13H13NO. The minimum atomic E-state index is 0.208. The largest absolute Gasteiger partial charge is 0.300 e. The van der Waals surface area contributed by atoms with E-state index in [1.807, 2.05) is 24.3 Å². The van der Waals surface area contributed by atoms with E-state index in [0.29, 0.717) is 12.0 Å². The average Bonchev–Trinajstić information content (AvgIpc) is 2.25. The van der Waals surface area contributed by atoms with Gasteiger partial charge < -0.3 is 4.79 Å². The standard InChI is InChI=1S/C13H13NO/c1-11(15)4-2-3-5-12-6-8-13(10-14)9-7-12/h3,5-9H,2,4H2,1H3/b5-3+. The fourth-order valence-electron chi connectivity index (χ4n) is 1.17. The summed E-state index contributed by atoms with van der Waals surface area (Å²) in [4.78, 5) is 10.7. The lowest BCUT2D eigenvalue weighted by atomic mass is 10.1. The minimum absolute atomic E-state index is 0.208. The summed E-state index contributed by atoms with van der Waals surface area (Å²) in [6.07, 6.45) is 5.30. The van der Waals surface area contributed by atoms with Crippen LogP contribution in [-0.2, 0) is 4.79 Å². The first-order chi connectivity index (χ1) is 7.22. The molecule has 76 valence electrons. The van der Waals surface area contributed by atoms with Crippen LogP contribution in [0.4, 0.5) is 0 Å². The normalized spacial score (nSPS) is 10.1. The van der Waals surface area contributed by atoms with Crippen molar-refractivity contribution in [2.45, 2.75) is 19.8 Å². The Hall–Kier alpha value is -1.88. The van der Waals surface area contributed by atoms with Crippen LogP contribution in [0.5, 0.6) is 0 Å². The van der Waals surface area contributed by atoms with Crippen molar-refractivity contribution in [3.8, 4) is 6.07 Å². The number of nitrogens with zero attached hydrogens (tertiary/aromatic N) is 1. The smallest absolute Gasteiger partial charge is 0.130 e. The third-order valence-electron chi connectivity index (χ3n) is 2.01. The molecule has 0 amide bonds. The Bertz CT molecular complexity index is 396. The van der Waals surface area contributed by atoms with Crippen LogP contribution in [0, 0.1) is 11.3 Å². The molecule has 1 aromatic carbocycles. The van der Waals surface area contributed by atoms with Gasteiger partial charge in [-0.1, -0.05) is 24.3 Å². The second-order valence-electron chi connectivity index (χ2n) is 3.38. The molecule has 0 fully saturated rings. The number of Topliss-reactive ketones (excluding diaryl/α,β-unsaturated/α-hetero) is 1. The number of ketones is 1. The molecule has 0 radical (unpaired) electrons. The number of rotatable bonds is 4. The van der Waals surface area contributed by atoms with Gasteiger partial charge in [0.05, 0.1) is 11.6 Å². The molecule has 1 aromatic rings. The highest BCUT2D eigenvalue weighted by molar-refractivity contribution is 5.75. The molecule has 0 aliphatic rings. The third-order valence-corrected chi connectivity index (χ3v) is 2.01. The van der Waals surface area contributed by atoms with Crippen molar-refractivity contribution in [3.63, 3.8) is 0 Å². The Labute approximate surface area is 89.9 Å². The van der Waals surface area contributed by atoms with Gasteiger partial charge in [-0.2, -0.15) is 5.26 Å². The fraction of sp³-hybridized carbons (Fsp3) is 0.231. The molecule has 0 saturated heterocycles. The Balaban J connectivity index is 2.50. The maximum Gasteiger partial charge on any atom is 0.130 e. The second kappa shape index (κ2) is 5.77. The number of nitriles is 1. The lowest BCUT2D eigenvalue weighted by molar-refractivity contribution is -0.116. The van der Waals surface area contributed by atoms with E-state index < -0.39 is 0 Å². The quantitative estimate of drug-likeness (QED) is 0.748. The Kier molecular flexibility index (Phi) is 4.30. The van der Waals surface area contributed by atoms with Crippen LogP contribution in [0.2, 0.25) is 0 Å². The Morgan fingerprint density at radius 3 is 2.60 bits per heavy atom. The van der Waals surface area contributed by atoms with Gasteiger partial charge in [-0.3, -0.25) is 0 Å². The predicted octanol–water partition coefficient (Wildman–Crippen LogP) is 2.94. The number of carbonyl (C=O) groups is 1. The van der Waals surface area contributed by atoms with Crippen molar-refractivity contribution in [3.05, 3.63) is 41.5 Å². The van der Waals surface area contributed by atoms with Gasteiger partial charge in [-0.25, -0.2) is 0 Å². The van der Waals surface area contributed by atoms with Gasteiger partial charge in [-0.05, 0) is 31.0 Å². The fourth-order valence-corrected chi connectivity index (χ4v) is 1.17. The lowest BCUT2D eigenvalue weighted by Crippen LogP contribution is -1.86. The summed E-state index contributed by atoms with van der Waals surface area (Å²) >= 11 is 0. The zero-order chi connectivity index (χ0) is 11.1. The highest BCUT2D eigenvalue weighted by Gasteiger charge is 1.91. The number of hydrogen-bond donors (Lipinski definition) is 0. The second-order valence-corrected chi connectivity index (χ2v) is 3.38. The number of carbonyl (C=O) groups excluding carboxylic acids is 1. The van der Waals surface area contributed by atoms with Gasteiger partial charge in [0.2, 0.25) is 0 Å². The van der Waals surface area contributed by atoms with Crippen molar-refractivity contribution < 1.29 is 4.79 Å². The molecule has 0 aromatic heterocycles. The van der Waals surface area contributed by atoms with Crippen LogP contribution in [0.3, 0.4) is 0 Å². The van der Waals surface area contributed by atoms with E-state index in [0.717, 1.165) is 12.0 Å². The van der Waals surface area contributed by atoms with E-state index in [2.05, 4.69) is 6.07 Å². The molecule has 0 spiro atoms. The van der Waals surface area contributed by atoms with Crippen LogP contribution in [0.25, 0.3) is 6.08 Å². The molecule has 0 heterocycles. The summed E-state index contributed by atoms with van der Waals surface area (Å²) in [5, 5.41) is 8.60. The molecule has 0 saturated carbocycles. The van der Waals surface area contributed by atoms with Crippen molar-refractivity contribution in [1.29, 1.82) is 5.26 Å². The molecule has 2 nitrogen and oxygen atoms in total. The van der Waals surface area contributed by atoms with Crippen LogP contribution in [0.15, 0.2) is 30.3 Å². The van der Waals surface area contributed by atoms with Gasteiger partial charge in [0, 0.05) is 6.42 Å². The molecule has 0 bridgehead atoms. The van der Waals surface area contributed by atoms with Crippen molar-refractivity contribution in [1.82, 2.24) is 0 Å². The minimum Gasteiger partial charge on any atom is -0.300 e. The first-order valence-electron chi connectivity index (χ1n) is 4.88. The van der Waals surface area contributed by atoms with E-state index in [1.165, 1.54) is 0 Å². The zero-order valence-electron chi connectivity index (χ0n) is 8.73. The van der Waals surface area contributed by atoms with Gasteiger partial charge in [0.15, 0.2) is 0 Å². The SMILES string of the molecule is CC(=O)CC/C=C/c1ccc(C#N)cc1. The number of hydrogen-bond acceptors (Lipinski definition) is 2. The van der Waals surface area contributed by atoms with Crippen molar-refractivity contribution >= 4 is 11.9 Å². The molecule has 0 aliphatic carbocycles. The molecule has 0 unspecified atom stereocenters. The predicted molar refractivity (Wildman–Crippen MR) is 60.1 cm³/mol. The lowest BCUT2D eigenvalue weighted by Gasteiger charge is -1.93. The first kappa shape index (κ1) is 11.2. The molecule has 15 heavy (non-hydrogen) atoms. The topological polar surface area (TPSA) is 40.9 Å². The number of allylic oxidation sites excluding steroid dienone is 1. The summed E-state index contributed by atoms with van der Waals surface area (Å²) in [5.74, 6) is 0.208. The van der Waals surface area contributed by atoms with Gasteiger partial charge in [0.25, 0.3) is 0 Å². The van der Waals surface area contributed by atoms with Crippen LogP contribution in [-0.4, -0.2) is 5.78 Å². The van der Waals surface area contributed by atoms with Crippen LogP contribution < -0.4 is 0 Å². The van der Waals surface area contributed by atoms with Crippen molar-refractivity contribution in [2.24, 2.45) is 0 Å². The maximum absolute atomic E-state index is 10.7. The first-order valence-corrected chi connectivity index (χ1v) is 4.88. The molecule has 0 aliphatic heterocycles. The Morgan fingerprint density at radius 2 is 2.07 bits per heavy atom. The average molecular weight is 199 g/mol. The highest BCUT2D eigenvalue weighted by Crippen LogP contribution is 2.06. The molecule has 1 rings (SSSR count). The van der Waals surface area contributed by atoms with Crippen molar-refractivity contribution in [2.75, 3.05) is 0 Å². The van der Waals surface area contributed by atoms with Crippen LogP contribution >= 0.6 is 0 Å².